The van der Waals surface area contributed by atoms with Crippen molar-refractivity contribution in [2.45, 2.75) is 25.6 Å². The zero-order valence-corrected chi connectivity index (χ0v) is 14.4. The summed E-state index contributed by atoms with van der Waals surface area (Å²) in [6.45, 7) is 1.06. The third-order valence-electron chi connectivity index (χ3n) is 3.68. The van der Waals surface area contributed by atoms with E-state index >= 15 is 0 Å². The Kier molecular flexibility index (Phi) is 6.44. The third-order valence-corrected chi connectivity index (χ3v) is 3.68. The van der Waals surface area contributed by atoms with Crippen LogP contribution >= 0.6 is 0 Å². The van der Waals surface area contributed by atoms with E-state index in [-0.39, 0.29) is 23.3 Å². The number of carbonyl (C=O) groups is 2. The highest BCUT2D eigenvalue weighted by Crippen LogP contribution is 2.32. The summed E-state index contributed by atoms with van der Waals surface area (Å²) in [7, 11) is 0. The van der Waals surface area contributed by atoms with Crippen LogP contribution in [0, 0.1) is 0 Å². The molecule has 5 nitrogen and oxygen atoms in total. The van der Waals surface area contributed by atoms with E-state index in [1.165, 1.54) is 42.5 Å². The molecule has 0 aromatic heterocycles. The van der Waals surface area contributed by atoms with Crippen LogP contribution in [-0.2, 0) is 17.4 Å². The van der Waals surface area contributed by atoms with Gasteiger partial charge in [-0.2, -0.15) is 13.2 Å². The fraction of sp³-hybridized carbons (Fsp3) is 0.263. The van der Waals surface area contributed by atoms with Crippen LogP contribution in [0.25, 0.3) is 0 Å². The highest BCUT2D eigenvalue weighted by Gasteiger charge is 2.33. The van der Waals surface area contributed by atoms with Crippen molar-refractivity contribution in [3.05, 3.63) is 65.2 Å². The van der Waals surface area contributed by atoms with Gasteiger partial charge < -0.3 is 15.2 Å². The quantitative estimate of drug-likeness (QED) is 0.769. The second-order valence-corrected chi connectivity index (χ2v) is 5.94. The molecule has 1 unspecified atom stereocenters. The molecule has 1 atom stereocenters. The summed E-state index contributed by atoms with van der Waals surface area (Å²) in [5, 5.41) is 11.2. The molecule has 0 aliphatic carbocycles. The minimum absolute atomic E-state index is 0.0105. The molecule has 0 saturated carbocycles. The van der Waals surface area contributed by atoms with E-state index in [9.17, 15) is 22.8 Å². The lowest BCUT2D eigenvalue weighted by molar-refractivity contribution is -0.139. The molecule has 2 rings (SSSR count). The standard InChI is InChI=1S/C19H18F3NO4/c1-12(9-13-5-2-3-8-16(13)19(20,21)22)23-18(26)14-6-4-7-15(10-14)27-11-17(24)25/h2-8,10,12H,9,11H2,1H3,(H,23,26)(H,24,25). The molecule has 0 heterocycles. The fourth-order valence-electron chi connectivity index (χ4n) is 2.54. The molecule has 0 aliphatic heterocycles. The Morgan fingerprint density at radius 3 is 2.52 bits per heavy atom. The fourth-order valence-corrected chi connectivity index (χ4v) is 2.54. The minimum Gasteiger partial charge on any atom is -0.482 e. The van der Waals surface area contributed by atoms with Gasteiger partial charge in [0.2, 0.25) is 0 Å². The largest absolute Gasteiger partial charge is 0.482 e. The smallest absolute Gasteiger partial charge is 0.416 e. The number of ether oxygens (including phenoxy) is 1. The summed E-state index contributed by atoms with van der Waals surface area (Å²) in [5.41, 5.74) is -0.416. The van der Waals surface area contributed by atoms with Gasteiger partial charge in [0.25, 0.3) is 5.91 Å². The molecule has 0 bridgehead atoms. The Morgan fingerprint density at radius 1 is 1.15 bits per heavy atom. The number of carboxylic acids is 1. The number of halogens is 3. The maximum absolute atomic E-state index is 13.1. The summed E-state index contributed by atoms with van der Waals surface area (Å²) in [5.74, 6) is -1.44. The number of hydrogen-bond donors (Lipinski definition) is 2. The Labute approximate surface area is 153 Å². The Morgan fingerprint density at radius 2 is 1.85 bits per heavy atom. The molecule has 0 aliphatic rings. The van der Waals surface area contributed by atoms with Gasteiger partial charge in [0.05, 0.1) is 5.56 Å². The maximum atomic E-state index is 13.1. The lowest BCUT2D eigenvalue weighted by atomic mass is 10.0. The van der Waals surface area contributed by atoms with Crippen molar-refractivity contribution in [1.82, 2.24) is 5.32 Å². The van der Waals surface area contributed by atoms with E-state index in [1.807, 2.05) is 0 Å². The predicted octanol–water partition coefficient (Wildman–Crippen LogP) is 3.53. The number of rotatable bonds is 7. The van der Waals surface area contributed by atoms with Gasteiger partial charge in [-0.05, 0) is 43.2 Å². The normalized spacial score (nSPS) is 12.3. The van der Waals surface area contributed by atoms with Crippen LogP contribution in [0.4, 0.5) is 13.2 Å². The zero-order valence-electron chi connectivity index (χ0n) is 14.4. The number of alkyl halides is 3. The van der Waals surface area contributed by atoms with E-state index in [0.717, 1.165) is 6.07 Å². The number of amides is 1. The first-order valence-electron chi connectivity index (χ1n) is 8.07. The number of aliphatic carboxylic acids is 1. The average molecular weight is 381 g/mol. The lowest BCUT2D eigenvalue weighted by Gasteiger charge is -2.18. The van der Waals surface area contributed by atoms with Gasteiger partial charge >= 0.3 is 12.1 Å². The van der Waals surface area contributed by atoms with Gasteiger partial charge in [0.15, 0.2) is 6.61 Å². The molecule has 0 saturated heterocycles. The van der Waals surface area contributed by atoms with Crippen LogP contribution in [0.15, 0.2) is 48.5 Å². The molecule has 2 aromatic rings. The summed E-state index contributed by atoms with van der Waals surface area (Å²) >= 11 is 0. The van der Waals surface area contributed by atoms with Crippen LogP contribution in [0.3, 0.4) is 0 Å². The topological polar surface area (TPSA) is 75.6 Å². The number of hydrogen-bond acceptors (Lipinski definition) is 3. The van der Waals surface area contributed by atoms with Crippen molar-refractivity contribution in [2.75, 3.05) is 6.61 Å². The predicted molar refractivity (Wildman–Crippen MR) is 91.6 cm³/mol. The number of carboxylic acid groups (broad SMARTS) is 1. The molecule has 8 heteroatoms. The third kappa shape index (κ3) is 6.02. The first-order valence-corrected chi connectivity index (χ1v) is 8.07. The van der Waals surface area contributed by atoms with Crippen molar-refractivity contribution in [2.24, 2.45) is 0 Å². The molecular formula is C19H18F3NO4. The average Bonchev–Trinajstić information content (AvgIpc) is 2.59. The van der Waals surface area contributed by atoms with Gasteiger partial charge in [0.1, 0.15) is 5.75 Å². The van der Waals surface area contributed by atoms with Crippen molar-refractivity contribution in [3.63, 3.8) is 0 Å². The van der Waals surface area contributed by atoms with Crippen LogP contribution in [-0.4, -0.2) is 29.6 Å². The van der Waals surface area contributed by atoms with Crippen LogP contribution in [0.5, 0.6) is 5.75 Å². The highest BCUT2D eigenvalue weighted by atomic mass is 19.4. The Bertz CT molecular complexity index is 821. The van der Waals surface area contributed by atoms with E-state index in [0.29, 0.717) is 0 Å². The van der Waals surface area contributed by atoms with Crippen LogP contribution in [0.1, 0.15) is 28.4 Å². The number of nitrogens with one attached hydrogen (secondary N) is 1. The van der Waals surface area contributed by atoms with E-state index in [2.05, 4.69) is 5.32 Å². The van der Waals surface area contributed by atoms with Gasteiger partial charge in [-0.1, -0.05) is 24.3 Å². The van der Waals surface area contributed by atoms with Crippen LogP contribution in [0.2, 0.25) is 0 Å². The molecule has 27 heavy (non-hydrogen) atoms. The first-order chi connectivity index (χ1) is 12.7. The van der Waals surface area contributed by atoms with Gasteiger partial charge in [-0.3, -0.25) is 4.79 Å². The SMILES string of the molecule is CC(Cc1ccccc1C(F)(F)F)NC(=O)c1cccc(OCC(=O)O)c1. The summed E-state index contributed by atoms with van der Waals surface area (Å²) in [6.07, 6.45) is -4.45. The van der Waals surface area contributed by atoms with E-state index in [1.54, 1.807) is 6.92 Å². The second kappa shape index (κ2) is 8.57. The van der Waals surface area contributed by atoms with E-state index in [4.69, 9.17) is 9.84 Å². The van der Waals surface area contributed by atoms with Crippen molar-refractivity contribution >= 4 is 11.9 Å². The molecule has 2 N–H and O–H groups in total. The zero-order chi connectivity index (χ0) is 20.0. The number of carbonyl (C=O) groups excluding carboxylic acids is 1. The number of benzene rings is 2. The van der Waals surface area contributed by atoms with Gasteiger partial charge in [-0.15, -0.1) is 0 Å². The lowest BCUT2D eigenvalue weighted by Crippen LogP contribution is -2.34. The van der Waals surface area contributed by atoms with Gasteiger partial charge in [-0.25, -0.2) is 4.79 Å². The van der Waals surface area contributed by atoms with Crippen molar-refractivity contribution in [3.8, 4) is 5.75 Å². The molecule has 1 amide bonds. The Balaban J connectivity index is 2.04. The summed E-state index contributed by atoms with van der Waals surface area (Å²) < 4.78 is 44.2. The molecule has 0 spiro atoms. The first kappa shape index (κ1) is 20.3. The van der Waals surface area contributed by atoms with Crippen LogP contribution < -0.4 is 10.1 Å². The van der Waals surface area contributed by atoms with Gasteiger partial charge in [0, 0.05) is 11.6 Å². The molecule has 2 aromatic carbocycles. The highest BCUT2D eigenvalue weighted by molar-refractivity contribution is 5.94. The Hall–Kier alpha value is -3.03. The summed E-state index contributed by atoms with van der Waals surface area (Å²) in [6, 6.07) is 10.6. The molecule has 0 fully saturated rings. The monoisotopic (exact) mass is 381 g/mol. The van der Waals surface area contributed by atoms with Crippen molar-refractivity contribution in [1.29, 1.82) is 0 Å². The minimum atomic E-state index is -4.46. The molecule has 0 radical (unpaired) electrons. The summed E-state index contributed by atoms with van der Waals surface area (Å²) in [4.78, 5) is 22.8. The second-order valence-electron chi connectivity index (χ2n) is 5.94. The molecular weight excluding hydrogens is 363 g/mol. The van der Waals surface area contributed by atoms with E-state index < -0.39 is 36.3 Å². The maximum Gasteiger partial charge on any atom is 0.416 e. The van der Waals surface area contributed by atoms with Crippen molar-refractivity contribution < 1.29 is 32.6 Å². The molecule has 144 valence electrons.